The van der Waals surface area contributed by atoms with Crippen LogP contribution >= 0.6 is 0 Å². The van der Waals surface area contributed by atoms with E-state index in [1.165, 1.54) is 42.0 Å². The molecule has 0 aromatic heterocycles. The Bertz CT molecular complexity index is 635. The molecule has 1 N–H and O–H groups in total. The van der Waals surface area contributed by atoms with Gasteiger partial charge < -0.3 is 5.32 Å². The van der Waals surface area contributed by atoms with Crippen molar-refractivity contribution in [3.63, 3.8) is 0 Å². The topological polar surface area (TPSA) is 12.0 Å². The molecule has 0 radical (unpaired) electrons. The van der Waals surface area contributed by atoms with Crippen LogP contribution in [0.15, 0.2) is 42.5 Å². The zero-order valence-corrected chi connectivity index (χ0v) is 12.7. The van der Waals surface area contributed by atoms with Crippen LogP contribution in [0.2, 0.25) is 0 Å². The van der Waals surface area contributed by atoms with Gasteiger partial charge in [-0.25, -0.2) is 4.39 Å². The summed E-state index contributed by atoms with van der Waals surface area (Å²) in [6.07, 6.45) is 3.67. The maximum atomic E-state index is 13.8. The normalized spacial score (nSPS) is 16.5. The molecule has 1 aliphatic rings. The summed E-state index contributed by atoms with van der Waals surface area (Å²) >= 11 is 0. The molecule has 0 heterocycles. The van der Waals surface area contributed by atoms with Crippen molar-refractivity contribution in [3.05, 3.63) is 70.5 Å². The molecule has 2 atom stereocenters. The minimum absolute atomic E-state index is 0.00513. The molecule has 0 saturated carbocycles. The van der Waals surface area contributed by atoms with E-state index in [0.717, 1.165) is 5.56 Å². The van der Waals surface area contributed by atoms with Crippen molar-refractivity contribution in [1.29, 1.82) is 0 Å². The Hall–Kier alpha value is -1.67. The van der Waals surface area contributed by atoms with Gasteiger partial charge in [0.2, 0.25) is 0 Å². The summed E-state index contributed by atoms with van der Waals surface area (Å²) in [5, 5.41) is 3.50. The van der Waals surface area contributed by atoms with Crippen LogP contribution in [0, 0.1) is 5.82 Å². The third-order valence-electron chi connectivity index (χ3n) is 4.49. The summed E-state index contributed by atoms with van der Waals surface area (Å²) in [5.41, 5.74) is 5.00. The van der Waals surface area contributed by atoms with E-state index in [0.29, 0.717) is 0 Å². The summed E-state index contributed by atoms with van der Waals surface area (Å²) in [6.45, 7) is 4.16. The number of nitrogens with one attached hydrogen (secondary N) is 1. The van der Waals surface area contributed by atoms with Crippen LogP contribution in [0.25, 0.3) is 0 Å². The third-order valence-corrected chi connectivity index (χ3v) is 4.49. The summed E-state index contributed by atoms with van der Waals surface area (Å²) in [4.78, 5) is 0. The average molecular weight is 283 g/mol. The maximum Gasteiger partial charge on any atom is 0.127 e. The Balaban J connectivity index is 1.74. The summed E-state index contributed by atoms with van der Waals surface area (Å²) in [6, 6.07) is 14.0. The van der Waals surface area contributed by atoms with Gasteiger partial charge in [-0.15, -0.1) is 0 Å². The van der Waals surface area contributed by atoms with E-state index in [2.05, 4.69) is 30.4 Å². The van der Waals surface area contributed by atoms with Gasteiger partial charge in [-0.1, -0.05) is 36.4 Å². The van der Waals surface area contributed by atoms with Gasteiger partial charge in [0.25, 0.3) is 0 Å². The Morgan fingerprint density at radius 3 is 2.52 bits per heavy atom. The van der Waals surface area contributed by atoms with Gasteiger partial charge in [-0.3, -0.25) is 0 Å². The second-order valence-corrected chi connectivity index (χ2v) is 6.01. The fourth-order valence-electron chi connectivity index (χ4n) is 3.25. The first-order valence-electron chi connectivity index (χ1n) is 7.77. The summed E-state index contributed by atoms with van der Waals surface area (Å²) in [5.74, 6) is -0.140. The van der Waals surface area contributed by atoms with E-state index in [-0.39, 0.29) is 17.9 Å². The number of hydrogen-bond donors (Lipinski definition) is 1. The van der Waals surface area contributed by atoms with Crippen LogP contribution in [-0.2, 0) is 12.8 Å². The molecule has 0 spiro atoms. The standard InChI is InChI=1S/C19H22FN/c1-13(16-11-10-15-6-5-7-17(15)12-16)21-14(2)18-8-3-4-9-19(18)20/h3-4,8-14,21H,5-7H2,1-2H3/t13?,14-/m1/s1. The highest BCUT2D eigenvalue weighted by atomic mass is 19.1. The lowest BCUT2D eigenvalue weighted by atomic mass is 10.0. The average Bonchev–Trinajstić information content (AvgIpc) is 2.94. The fraction of sp³-hybridized carbons (Fsp3) is 0.368. The number of benzene rings is 2. The molecular formula is C19H22FN. The molecule has 1 aliphatic carbocycles. The summed E-state index contributed by atoms with van der Waals surface area (Å²) in [7, 11) is 0. The molecule has 110 valence electrons. The highest BCUT2D eigenvalue weighted by molar-refractivity contribution is 5.36. The largest absolute Gasteiger partial charge is 0.304 e. The van der Waals surface area contributed by atoms with Crippen LogP contribution in [0.1, 0.15) is 54.6 Å². The molecule has 21 heavy (non-hydrogen) atoms. The molecule has 3 rings (SSSR count). The molecule has 0 saturated heterocycles. The molecular weight excluding hydrogens is 261 g/mol. The van der Waals surface area contributed by atoms with Gasteiger partial charge in [0.15, 0.2) is 0 Å². The van der Waals surface area contributed by atoms with Crippen LogP contribution in [0.3, 0.4) is 0 Å². The van der Waals surface area contributed by atoms with Gasteiger partial charge in [0.1, 0.15) is 5.82 Å². The maximum absolute atomic E-state index is 13.8. The highest BCUT2D eigenvalue weighted by Gasteiger charge is 2.16. The van der Waals surface area contributed by atoms with E-state index in [4.69, 9.17) is 0 Å². The van der Waals surface area contributed by atoms with Gasteiger partial charge in [0.05, 0.1) is 0 Å². The Kier molecular flexibility index (Phi) is 4.07. The van der Waals surface area contributed by atoms with E-state index in [1.807, 2.05) is 19.1 Å². The van der Waals surface area contributed by atoms with E-state index >= 15 is 0 Å². The minimum atomic E-state index is -0.140. The second-order valence-electron chi connectivity index (χ2n) is 6.01. The van der Waals surface area contributed by atoms with Crippen LogP contribution in [0.4, 0.5) is 4.39 Å². The van der Waals surface area contributed by atoms with Crippen molar-refractivity contribution in [3.8, 4) is 0 Å². The monoisotopic (exact) mass is 283 g/mol. The van der Waals surface area contributed by atoms with Crippen molar-refractivity contribution < 1.29 is 4.39 Å². The lowest BCUT2D eigenvalue weighted by molar-refractivity contribution is 0.474. The van der Waals surface area contributed by atoms with Crippen LogP contribution in [-0.4, -0.2) is 0 Å². The first kappa shape index (κ1) is 14.3. The molecule has 0 amide bonds. The number of halogens is 1. The Morgan fingerprint density at radius 2 is 1.71 bits per heavy atom. The molecule has 1 unspecified atom stereocenters. The van der Waals surface area contributed by atoms with Crippen molar-refractivity contribution in [2.24, 2.45) is 0 Å². The van der Waals surface area contributed by atoms with Gasteiger partial charge in [-0.2, -0.15) is 0 Å². The lowest BCUT2D eigenvalue weighted by Crippen LogP contribution is -2.23. The second kappa shape index (κ2) is 5.98. The van der Waals surface area contributed by atoms with Crippen molar-refractivity contribution in [2.75, 3.05) is 0 Å². The molecule has 2 heteroatoms. The van der Waals surface area contributed by atoms with Crippen molar-refractivity contribution in [2.45, 2.75) is 45.2 Å². The lowest BCUT2D eigenvalue weighted by Gasteiger charge is -2.21. The summed E-state index contributed by atoms with van der Waals surface area (Å²) < 4.78 is 13.8. The number of aryl methyl sites for hydroxylation is 2. The van der Waals surface area contributed by atoms with Crippen LogP contribution in [0.5, 0.6) is 0 Å². The Labute approximate surface area is 126 Å². The molecule has 2 aromatic carbocycles. The number of fused-ring (bicyclic) bond motifs is 1. The first-order chi connectivity index (χ1) is 10.1. The molecule has 2 aromatic rings. The predicted molar refractivity (Wildman–Crippen MR) is 84.8 cm³/mol. The fourth-order valence-corrected chi connectivity index (χ4v) is 3.25. The molecule has 1 nitrogen and oxygen atoms in total. The van der Waals surface area contributed by atoms with Crippen molar-refractivity contribution >= 4 is 0 Å². The van der Waals surface area contributed by atoms with E-state index < -0.39 is 0 Å². The zero-order chi connectivity index (χ0) is 14.8. The van der Waals surface area contributed by atoms with E-state index in [1.54, 1.807) is 6.07 Å². The quantitative estimate of drug-likeness (QED) is 0.855. The number of hydrogen-bond acceptors (Lipinski definition) is 1. The SMILES string of the molecule is CC(N[C@H](C)c1ccccc1F)c1ccc2c(c1)CCC2. The molecule has 0 fully saturated rings. The first-order valence-corrected chi connectivity index (χ1v) is 7.77. The highest BCUT2D eigenvalue weighted by Crippen LogP contribution is 2.27. The van der Waals surface area contributed by atoms with Gasteiger partial charge in [0, 0.05) is 17.6 Å². The third kappa shape index (κ3) is 3.01. The number of rotatable bonds is 4. The smallest absolute Gasteiger partial charge is 0.127 e. The Morgan fingerprint density at radius 1 is 0.952 bits per heavy atom. The molecule has 0 aliphatic heterocycles. The van der Waals surface area contributed by atoms with Gasteiger partial charge in [-0.05, 0) is 55.9 Å². The van der Waals surface area contributed by atoms with Crippen molar-refractivity contribution in [1.82, 2.24) is 5.32 Å². The molecule has 0 bridgehead atoms. The van der Waals surface area contributed by atoms with Gasteiger partial charge >= 0.3 is 0 Å². The predicted octanol–water partition coefficient (Wildman–Crippen LogP) is 4.73. The van der Waals surface area contributed by atoms with E-state index in [9.17, 15) is 4.39 Å². The zero-order valence-electron chi connectivity index (χ0n) is 12.7. The van der Waals surface area contributed by atoms with Crippen LogP contribution < -0.4 is 5.32 Å². The minimum Gasteiger partial charge on any atom is -0.304 e.